The first-order valence-corrected chi connectivity index (χ1v) is 8.45. The SMILES string of the molecule is COc1ccc(C)cc1-n1ccc(C(=O)NCCSCC(=O)O)n1. The summed E-state index contributed by atoms with van der Waals surface area (Å²) < 4.78 is 6.92. The average molecular weight is 349 g/mol. The summed E-state index contributed by atoms with van der Waals surface area (Å²) in [4.78, 5) is 22.5. The maximum atomic E-state index is 12.1. The van der Waals surface area contributed by atoms with Gasteiger partial charge in [0, 0.05) is 18.5 Å². The highest BCUT2D eigenvalue weighted by Gasteiger charge is 2.12. The van der Waals surface area contributed by atoms with Gasteiger partial charge in [-0.3, -0.25) is 9.59 Å². The number of nitrogens with zero attached hydrogens (tertiary/aromatic N) is 2. The minimum Gasteiger partial charge on any atom is -0.494 e. The third-order valence-corrected chi connectivity index (χ3v) is 4.10. The van der Waals surface area contributed by atoms with Gasteiger partial charge >= 0.3 is 5.97 Å². The van der Waals surface area contributed by atoms with E-state index < -0.39 is 5.97 Å². The van der Waals surface area contributed by atoms with Gasteiger partial charge in [-0.1, -0.05) is 6.07 Å². The van der Waals surface area contributed by atoms with E-state index in [1.807, 2.05) is 25.1 Å². The van der Waals surface area contributed by atoms with Crippen LogP contribution in [0.2, 0.25) is 0 Å². The molecule has 2 N–H and O–H groups in total. The van der Waals surface area contributed by atoms with Crippen molar-refractivity contribution in [1.29, 1.82) is 0 Å². The van der Waals surface area contributed by atoms with Crippen molar-refractivity contribution in [2.24, 2.45) is 0 Å². The summed E-state index contributed by atoms with van der Waals surface area (Å²) in [6.45, 7) is 2.35. The van der Waals surface area contributed by atoms with Crippen molar-refractivity contribution in [3.05, 3.63) is 41.7 Å². The number of hydrogen-bond donors (Lipinski definition) is 2. The van der Waals surface area contributed by atoms with Crippen LogP contribution in [0.3, 0.4) is 0 Å². The standard InChI is InChI=1S/C16H19N3O4S/c1-11-3-4-14(23-2)13(9-11)19-7-5-12(18-19)16(22)17-6-8-24-10-15(20)21/h3-5,7,9H,6,8,10H2,1-2H3,(H,17,22)(H,20,21). The summed E-state index contributed by atoms with van der Waals surface area (Å²) in [6.07, 6.45) is 1.70. The van der Waals surface area contributed by atoms with Gasteiger partial charge in [-0.05, 0) is 30.7 Å². The molecule has 0 saturated heterocycles. The van der Waals surface area contributed by atoms with Crippen LogP contribution in [0, 0.1) is 6.92 Å². The van der Waals surface area contributed by atoms with E-state index in [0.717, 1.165) is 11.3 Å². The Labute approximate surface area is 144 Å². The van der Waals surface area contributed by atoms with Gasteiger partial charge in [-0.25, -0.2) is 4.68 Å². The van der Waals surface area contributed by atoms with Gasteiger partial charge < -0.3 is 15.2 Å². The third-order valence-electron chi connectivity index (χ3n) is 3.16. The number of benzene rings is 1. The molecule has 24 heavy (non-hydrogen) atoms. The molecule has 0 unspecified atom stereocenters. The monoisotopic (exact) mass is 349 g/mol. The normalized spacial score (nSPS) is 10.4. The Kier molecular flexibility index (Phi) is 6.25. The van der Waals surface area contributed by atoms with Crippen molar-refractivity contribution in [2.45, 2.75) is 6.92 Å². The van der Waals surface area contributed by atoms with Crippen LogP contribution >= 0.6 is 11.8 Å². The molecular weight excluding hydrogens is 330 g/mol. The number of carbonyl (C=O) groups is 2. The first-order chi connectivity index (χ1) is 11.5. The number of ether oxygens (including phenoxy) is 1. The van der Waals surface area contributed by atoms with Crippen molar-refractivity contribution in [3.8, 4) is 11.4 Å². The molecule has 0 aliphatic heterocycles. The number of methoxy groups -OCH3 is 1. The van der Waals surface area contributed by atoms with E-state index >= 15 is 0 Å². The molecule has 0 spiro atoms. The summed E-state index contributed by atoms with van der Waals surface area (Å²) in [5.74, 6) is 0.0662. The lowest BCUT2D eigenvalue weighted by Gasteiger charge is -2.09. The largest absolute Gasteiger partial charge is 0.494 e. The molecular formula is C16H19N3O4S. The van der Waals surface area contributed by atoms with Crippen LogP contribution in [-0.2, 0) is 4.79 Å². The summed E-state index contributed by atoms with van der Waals surface area (Å²) in [5, 5.41) is 15.5. The second kappa shape index (κ2) is 8.39. The van der Waals surface area contributed by atoms with Gasteiger partial charge in [0.15, 0.2) is 5.69 Å². The van der Waals surface area contributed by atoms with Crippen molar-refractivity contribution < 1.29 is 19.4 Å². The van der Waals surface area contributed by atoms with Gasteiger partial charge in [-0.15, -0.1) is 11.8 Å². The van der Waals surface area contributed by atoms with E-state index in [2.05, 4.69) is 10.4 Å². The Balaban J connectivity index is 1.99. The summed E-state index contributed by atoms with van der Waals surface area (Å²) in [6, 6.07) is 7.34. The number of aromatic nitrogens is 2. The lowest BCUT2D eigenvalue weighted by molar-refractivity contribution is -0.133. The predicted octanol–water partition coefficient (Wildman–Crippen LogP) is 1.74. The first-order valence-electron chi connectivity index (χ1n) is 7.29. The number of thioether (sulfide) groups is 1. The van der Waals surface area contributed by atoms with Gasteiger partial charge in [0.05, 0.1) is 12.9 Å². The van der Waals surface area contributed by atoms with Crippen LogP contribution in [0.15, 0.2) is 30.5 Å². The fourth-order valence-corrected chi connectivity index (χ4v) is 2.61. The second-order valence-corrected chi connectivity index (χ2v) is 6.13. The van der Waals surface area contributed by atoms with Crippen molar-refractivity contribution in [3.63, 3.8) is 0 Å². The zero-order valence-corrected chi connectivity index (χ0v) is 14.3. The Morgan fingerprint density at radius 2 is 2.17 bits per heavy atom. The van der Waals surface area contributed by atoms with Crippen molar-refractivity contribution in [1.82, 2.24) is 15.1 Å². The third kappa shape index (κ3) is 4.76. The molecule has 0 saturated carbocycles. The topological polar surface area (TPSA) is 93.5 Å². The molecule has 1 amide bonds. The fraction of sp³-hybridized carbons (Fsp3) is 0.312. The lowest BCUT2D eigenvalue weighted by atomic mass is 10.2. The Bertz CT molecular complexity index is 730. The number of rotatable bonds is 8. The van der Waals surface area contributed by atoms with E-state index in [0.29, 0.717) is 23.7 Å². The second-order valence-electron chi connectivity index (χ2n) is 5.02. The van der Waals surface area contributed by atoms with E-state index in [4.69, 9.17) is 9.84 Å². The van der Waals surface area contributed by atoms with Crippen LogP contribution in [0.5, 0.6) is 5.75 Å². The van der Waals surface area contributed by atoms with Crippen LogP contribution < -0.4 is 10.1 Å². The summed E-state index contributed by atoms with van der Waals surface area (Å²) in [7, 11) is 1.58. The molecule has 1 aromatic carbocycles. The number of carboxylic acids is 1. The smallest absolute Gasteiger partial charge is 0.313 e. The number of hydrogen-bond acceptors (Lipinski definition) is 5. The minimum atomic E-state index is -0.864. The molecule has 0 atom stereocenters. The predicted molar refractivity (Wildman–Crippen MR) is 92.1 cm³/mol. The van der Waals surface area contributed by atoms with Crippen molar-refractivity contribution >= 4 is 23.6 Å². The van der Waals surface area contributed by atoms with Crippen LogP contribution in [0.4, 0.5) is 0 Å². The quantitative estimate of drug-likeness (QED) is 0.705. The van der Waals surface area contributed by atoms with Gasteiger partial charge in [0.2, 0.25) is 0 Å². The zero-order valence-electron chi connectivity index (χ0n) is 13.5. The van der Waals surface area contributed by atoms with Gasteiger partial charge in [-0.2, -0.15) is 5.10 Å². The number of carboxylic acid groups (broad SMARTS) is 1. The molecule has 7 nitrogen and oxygen atoms in total. The van der Waals surface area contributed by atoms with Gasteiger partial charge in [0.25, 0.3) is 5.91 Å². The number of aliphatic carboxylic acids is 1. The number of amides is 1. The first kappa shape index (κ1) is 17.9. The molecule has 0 bridgehead atoms. The molecule has 0 aliphatic rings. The molecule has 1 aromatic heterocycles. The lowest BCUT2D eigenvalue weighted by Crippen LogP contribution is -2.26. The van der Waals surface area contributed by atoms with Gasteiger partial charge in [0.1, 0.15) is 11.4 Å². The molecule has 1 heterocycles. The highest BCUT2D eigenvalue weighted by molar-refractivity contribution is 7.99. The highest BCUT2D eigenvalue weighted by atomic mass is 32.2. The molecule has 0 fully saturated rings. The molecule has 2 rings (SSSR count). The molecule has 8 heteroatoms. The van der Waals surface area contributed by atoms with Crippen molar-refractivity contribution in [2.75, 3.05) is 25.2 Å². The fourth-order valence-electron chi connectivity index (χ4n) is 2.05. The number of aryl methyl sites for hydroxylation is 1. The molecule has 2 aromatic rings. The Morgan fingerprint density at radius 1 is 1.38 bits per heavy atom. The summed E-state index contributed by atoms with van der Waals surface area (Å²) in [5.41, 5.74) is 2.11. The Hall–Kier alpha value is -2.48. The number of nitrogens with one attached hydrogen (secondary N) is 1. The highest BCUT2D eigenvalue weighted by Crippen LogP contribution is 2.23. The average Bonchev–Trinajstić information content (AvgIpc) is 3.04. The van der Waals surface area contributed by atoms with E-state index in [9.17, 15) is 9.59 Å². The molecule has 0 radical (unpaired) electrons. The maximum absolute atomic E-state index is 12.1. The molecule has 128 valence electrons. The zero-order chi connectivity index (χ0) is 17.5. The van der Waals surface area contributed by atoms with E-state index in [-0.39, 0.29) is 11.7 Å². The van der Waals surface area contributed by atoms with Crippen LogP contribution in [-0.4, -0.2) is 51.9 Å². The van der Waals surface area contributed by atoms with E-state index in [1.54, 1.807) is 24.1 Å². The maximum Gasteiger partial charge on any atom is 0.313 e. The van der Waals surface area contributed by atoms with E-state index in [1.165, 1.54) is 11.8 Å². The van der Waals surface area contributed by atoms with Crippen LogP contribution in [0.1, 0.15) is 16.1 Å². The van der Waals surface area contributed by atoms with Crippen LogP contribution in [0.25, 0.3) is 5.69 Å². The number of carbonyl (C=O) groups excluding carboxylic acids is 1. The minimum absolute atomic E-state index is 0.0254. The summed E-state index contributed by atoms with van der Waals surface area (Å²) >= 11 is 1.25. The molecule has 0 aliphatic carbocycles. The Morgan fingerprint density at radius 3 is 2.88 bits per heavy atom.